The molecule has 2 heterocycles. The van der Waals surface area contributed by atoms with Crippen molar-refractivity contribution in [3.63, 3.8) is 0 Å². The number of hydrogen-bond acceptors (Lipinski definition) is 5. The topological polar surface area (TPSA) is 55.8 Å². The predicted octanol–water partition coefficient (Wildman–Crippen LogP) is 2.72. The van der Waals surface area contributed by atoms with Crippen molar-refractivity contribution in [1.29, 1.82) is 0 Å². The fourth-order valence-corrected chi connectivity index (χ4v) is 5.31. The average Bonchev–Trinajstić information content (AvgIpc) is 3.10. The van der Waals surface area contributed by atoms with Gasteiger partial charge in [0.25, 0.3) is 0 Å². The van der Waals surface area contributed by atoms with E-state index in [9.17, 15) is 8.42 Å². The lowest BCUT2D eigenvalue weighted by molar-refractivity contribution is 0.106. The van der Waals surface area contributed by atoms with Crippen LogP contribution in [0.3, 0.4) is 0 Å². The van der Waals surface area contributed by atoms with E-state index < -0.39 is 9.84 Å². The summed E-state index contributed by atoms with van der Waals surface area (Å²) in [5.74, 6) is 1.10. The van der Waals surface area contributed by atoms with Crippen molar-refractivity contribution in [2.75, 3.05) is 33.4 Å². The summed E-state index contributed by atoms with van der Waals surface area (Å²) in [4.78, 5) is 3.00. The van der Waals surface area contributed by atoms with Crippen molar-refractivity contribution in [2.24, 2.45) is 0 Å². The molecule has 1 fully saturated rings. The van der Waals surface area contributed by atoms with Crippen LogP contribution in [-0.2, 0) is 14.6 Å². The number of benzene rings is 2. The molecule has 0 N–H and O–H groups in total. The maximum atomic E-state index is 12.8. The summed E-state index contributed by atoms with van der Waals surface area (Å²) in [7, 11) is -1.81. The molecule has 0 radical (unpaired) electrons. The van der Waals surface area contributed by atoms with Crippen molar-refractivity contribution in [3.05, 3.63) is 54.1 Å². The third-order valence-electron chi connectivity index (χ3n) is 5.40. The Morgan fingerprint density at radius 1 is 1.15 bits per heavy atom. The van der Waals surface area contributed by atoms with Crippen LogP contribution in [0.2, 0.25) is 0 Å². The largest absolute Gasteiger partial charge is 0.492 e. The minimum atomic E-state index is -3.52. The third kappa shape index (κ3) is 3.02. The minimum absolute atomic E-state index is 0.287. The third-order valence-corrected chi connectivity index (χ3v) is 7.17. The van der Waals surface area contributed by atoms with Gasteiger partial charge in [-0.05, 0) is 42.8 Å². The van der Waals surface area contributed by atoms with E-state index in [0.29, 0.717) is 35.8 Å². The molecule has 4 rings (SSSR count). The number of likely N-dealkylation sites (tertiary alicyclic amines) is 1. The highest BCUT2D eigenvalue weighted by Crippen LogP contribution is 2.43. The second-order valence-corrected chi connectivity index (χ2v) is 8.77. The van der Waals surface area contributed by atoms with E-state index in [1.54, 1.807) is 43.5 Å². The standard InChI is InChI=1S/C20H23NO4S/c1-24-12-11-21-10-9-17-18-8-7-16(13-20(18)25-14-19(17)21)26(22,23)15-5-3-2-4-6-15/h2-8,13,17,19H,9-12,14H2,1H3. The van der Waals surface area contributed by atoms with Gasteiger partial charge in [0.05, 0.1) is 22.4 Å². The van der Waals surface area contributed by atoms with E-state index >= 15 is 0 Å². The summed E-state index contributed by atoms with van der Waals surface area (Å²) < 4.78 is 36.9. The lowest BCUT2D eigenvalue weighted by Gasteiger charge is -2.33. The smallest absolute Gasteiger partial charge is 0.206 e. The summed E-state index contributed by atoms with van der Waals surface area (Å²) in [6.07, 6.45) is 1.07. The Balaban J connectivity index is 1.62. The number of rotatable bonds is 5. The molecular weight excluding hydrogens is 350 g/mol. The molecule has 6 heteroatoms. The van der Waals surface area contributed by atoms with Gasteiger partial charge in [-0.1, -0.05) is 24.3 Å². The van der Waals surface area contributed by atoms with Gasteiger partial charge in [0.15, 0.2) is 0 Å². The first-order valence-electron chi connectivity index (χ1n) is 8.91. The molecule has 2 unspecified atom stereocenters. The van der Waals surface area contributed by atoms with Crippen molar-refractivity contribution in [2.45, 2.75) is 28.2 Å². The fourth-order valence-electron chi connectivity index (χ4n) is 4.01. The molecule has 2 atom stereocenters. The number of methoxy groups -OCH3 is 1. The number of sulfone groups is 1. The van der Waals surface area contributed by atoms with Gasteiger partial charge in [0, 0.05) is 19.6 Å². The van der Waals surface area contributed by atoms with E-state index in [0.717, 1.165) is 25.1 Å². The Labute approximate surface area is 154 Å². The maximum Gasteiger partial charge on any atom is 0.206 e. The van der Waals surface area contributed by atoms with E-state index in [1.165, 1.54) is 0 Å². The summed E-state index contributed by atoms with van der Waals surface area (Å²) >= 11 is 0. The predicted molar refractivity (Wildman–Crippen MR) is 98.4 cm³/mol. The summed E-state index contributed by atoms with van der Waals surface area (Å²) in [6, 6.07) is 14.2. The van der Waals surface area contributed by atoms with Gasteiger partial charge in [-0.15, -0.1) is 0 Å². The molecule has 0 aromatic heterocycles. The lowest BCUT2D eigenvalue weighted by Crippen LogP contribution is -2.41. The maximum absolute atomic E-state index is 12.8. The molecule has 0 bridgehead atoms. The van der Waals surface area contributed by atoms with Crippen LogP contribution in [0.25, 0.3) is 0 Å². The molecule has 2 aliphatic heterocycles. The van der Waals surface area contributed by atoms with E-state index in [2.05, 4.69) is 4.90 Å². The summed E-state index contributed by atoms with van der Waals surface area (Å²) in [5.41, 5.74) is 1.12. The zero-order valence-corrected chi connectivity index (χ0v) is 15.6. The van der Waals surface area contributed by atoms with E-state index in [1.807, 2.05) is 12.1 Å². The van der Waals surface area contributed by atoms with Gasteiger partial charge in [-0.25, -0.2) is 8.42 Å². The fraction of sp³-hybridized carbons (Fsp3) is 0.400. The normalized spacial score (nSPS) is 22.5. The average molecular weight is 373 g/mol. The second-order valence-electron chi connectivity index (χ2n) is 6.82. The van der Waals surface area contributed by atoms with Crippen molar-refractivity contribution in [1.82, 2.24) is 4.90 Å². The molecule has 2 aromatic rings. The number of hydrogen-bond donors (Lipinski definition) is 0. The first-order valence-corrected chi connectivity index (χ1v) is 10.4. The van der Waals surface area contributed by atoms with Crippen LogP contribution < -0.4 is 4.74 Å². The van der Waals surface area contributed by atoms with Gasteiger partial charge in [-0.3, -0.25) is 4.90 Å². The van der Waals surface area contributed by atoms with Crippen LogP contribution in [0.5, 0.6) is 5.75 Å². The Morgan fingerprint density at radius 2 is 1.96 bits per heavy atom. The molecule has 0 saturated carbocycles. The molecule has 1 saturated heterocycles. The Hall–Kier alpha value is -1.89. The zero-order chi connectivity index (χ0) is 18.1. The van der Waals surface area contributed by atoms with Gasteiger partial charge < -0.3 is 9.47 Å². The molecule has 2 aliphatic rings. The highest BCUT2D eigenvalue weighted by atomic mass is 32.2. The van der Waals surface area contributed by atoms with Gasteiger partial charge in [0.2, 0.25) is 9.84 Å². The van der Waals surface area contributed by atoms with Crippen molar-refractivity contribution >= 4 is 9.84 Å². The molecule has 5 nitrogen and oxygen atoms in total. The molecule has 2 aromatic carbocycles. The summed E-state index contributed by atoms with van der Waals surface area (Å²) in [5, 5.41) is 0. The lowest BCUT2D eigenvalue weighted by atomic mass is 9.89. The number of ether oxygens (including phenoxy) is 2. The van der Waals surface area contributed by atoms with Crippen LogP contribution >= 0.6 is 0 Å². The Morgan fingerprint density at radius 3 is 2.73 bits per heavy atom. The quantitative estimate of drug-likeness (QED) is 0.807. The van der Waals surface area contributed by atoms with Crippen LogP contribution in [0.4, 0.5) is 0 Å². The minimum Gasteiger partial charge on any atom is -0.492 e. The molecule has 26 heavy (non-hydrogen) atoms. The van der Waals surface area contributed by atoms with Gasteiger partial charge in [0.1, 0.15) is 12.4 Å². The van der Waals surface area contributed by atoms with Crippen LogP contribution in [-0.4, -0.2) is 52.8 Å². The van der Waals surface area contributed by atoms with Crippen LogP contribution in [0.15, 0.2) is 58.3 Å². The number of nitrogens with zero attached hydrogens (tertiary/aromatic N) is 1. The Kier molecular flexibility index (Phi) is 4.73. The summed E-state index contributed by atoms with van der Waals surface area (Å²) in [6.45, 7) is 3.23. The monoisotopic (exact) mass is 373 g/mol. The van der Waals surface area contributed by atoms with Crippen molar-refractivity contribution in [3.8, 4) is 5.75 Å². The SMILES string of the molecule is COCCN1CCC2c3ccc(S(=O)(=O)c4ccccc4)cc3OCC21. The number of fused-ring (bicyclic) bond motifs is 3. The van der Waals surface area contributed by atoms with Gasteiger partial charge >= 0.3 is 0 Å². The second kappa shape index (κ2) is 7.02. The van der Waals surface area contributed by atoms with Gasteiger partial charge in [-0.2, -0.15) is 0 Å². The van der Waals surface area contributed by atoms with E-state index in [-0.39, 0.29) is 4.90 Å². The van der Waals surface area contributed by atoms with Crippen LogP contribution in [0.1, 0.15) is 17.9 Å². The molecular formula is C20H23NO4S. The molecule has 138 valence electrons. The Bertz CT molecular complexity index is 882. The first-order chi connectivity index (χ1) is 12.6. The van der Waals surface area contributed by atoms with Crippen molar-refractivity contribution < 1.29 is 17.9 Å². The molecule has 0 spiro atoms. The first kappa shape index (κ1) is 17.5. The highest BCUT2D eigenvalue weighted by Gasteiger charge is 2.40. The molecule has 0 amide bonds. The highest BCUT2D eigenvalue weighted by molar-refractivity contribution is 7.91. The van der Waals surface area contributed by atoms with E-state index in [4.69, 9.17) is 9.47 Å². The zero-order valence-electron chi connectivity index (χ0n) is 14.8. The van der Waals surface area contributed by atoms with Crippen LogP contribution in [0, 0.1) is 0 Å². The molecule has 0 aliphatic carbocycles.